The molecule has 3 aromatic rings. The Labute approximate surface area is 213 Å². The van der Waals surface area contributed by atoms with E-state index in [1.807, 2.05) is 43.5 Å². The number of amides is 1. The molecule has 186 valence electrons. The molecule has 2 heterocycles. The molecule has 0 bridgehead atoms. The second-order valence-electron chi connectivity index (χ2n) is 7.69. The van der Waals surface area contributed by atoms with Gasteiger partial charge in [0.15, 0.2) is 22.2 Å². The minimum atomic E-state index is -0.445. The first-order valence-electron chi connectivity index (χ1n) is 11.1. The van der Waals surface area contributed by atoms with E-state index in [9.17, 15) is 9.59 Å². The van der Waals surface area contributed by atoms with Crippen LogP contribution >= 0.6 is 23.1 Å². The number of hydrogen-bond acceptors (Lipinski definition) is 9. The van der Waals surface area contributed by atoms with Gasteiger partial charge < -0.3 is 14.8 Å². The van der Waals surface area contributed by atoms with E-state index in [-0.39, 0.29) is 24.4 Å². The van der Waals surface area contributed by atoms with Crippen molar-refractivity contribution in [1.29, 1.82) is 0 Å². The van der Waals surface area contributed by atoms with Crippen LogP contribution < -0.4 is 10.1 Å². The monoisotopic (exact) mass is 515 g/mol. The Morgan fingerprint density at radius 1 is 1.29 bits per heavy atom. The number of anilines is 1. The Morgan fingerprint density at radius 2 is 2.06 bits per heavy atom. The lowest BCUT2D eigenvalue weighted by Gasteiger charge is -2.18. The normalized spacial score (nSPS) is 11.7. The van der Waals surface area contributed by atoms with Crippen LogP contribution in [0.1, 0.15) is 52.3 Å². The van der Waals surface area contributed by atoms with Crippen LogP contribution in [-0.4, -0.2) is 44.0 Å². The average Bonchev–Trinajstić information content (AvgIpc) is 3.38. The Bertz CT molecular complexity index is 1220. The molecule has 0 aliphatic carbocycles. The van der Waals surface area contributed by atoms with Crippen molar-refractivity contribution in [2.45, 2.75) is 52.4 Å². The smallest absolute Gasteiger partial charge is 0.350 e. The van der Waals surface area contributed by atoms with E-state index in [0.717, 1.165) is 28.2 Å². The molecule has 0 radical (unpaired) electrons. The van der Waals surface area contributed by atoms with Gasteiger partial charge in [0.25, 0.3) is 0 Å². The van der Waals surface area contributed by atoms with Crippen LogP contribution in [0.4, 0.5) is 5.13 Å². The standard InChI is InChI=1S/C24H29N5O4S2/c1-7-12-29-21(17(6)33-18-11-9-10-14(3)15(18)4)27-28-24(29)34-13-19(30)26-23-25-16(5)20(35-23)22(31)32-8-2/h7,9-11,17H,1,8,12-13H2,2-6H3,(H,25,26,30). The molecule has 0 spiro atoms. The summed E-state index contributed by atoms with van der Waals surface area (Å²) in [6.45, 7) is 14.0. The number of nitrogens with one attached hydrogen (secondary N) is 1. The zero-order valence-electron chi connectivity index (χ0n) is 20.5. The fraction of sp³-hybridized carbons (Fsp3) is 0.375. The van der Waals surface area contributed by atoms with Gasteiger partial charge in [0.1, 0.15) is 10.6 Å². The second kappa shape index (κ2) is 12.0. The SMILES string of the molecule is C=CCn1c(SCC(=O)Nc2nc(C)c(C(=O)OCC)s2)nnc1C(C)Oc1cccc(C)c1C. The molecule has 0 saturated heterocycles. The van der Waals surface area contributed by atoms with Gasteiger partial charge in [-0.05, 0) is 51.8 Å². The van der Waals surface area contributed by atoms with Crippen LogP contribution in [0.5, 0.6) is 5.75 Å². The molecule has 0 aliphatic rings. The fourth-order valence-corrected chi connectivity index (χ4v) is 4.86. The molecule has 11 heteroatoms. The summed E-state index contributed by atoms with van der Waals surface area (Å²) in [4.78, 5) is 29.1. The maximum absolute atomic E-state index is 12.5. The molecular formula is C24H29N5O4S2. The average molecular weight is 516 g/mol. The minimum Gasteiger partial charge on any atom is -0.482 e. The number of ether oxygens (including phenoxy) is 2. The molecule has 1 amide bonds. The number of nitrogens with zero attached hydrogens (tertiary/aromatic N) is 4. The summed E-state index contributed by atoms with van der Waals surface area (Å²) in [5.41, 5.74) is 2.74. The van der Waals surface area contributed by atoms with Crippen LogP contribution in [0.2, 0.25) is 0 Å². The highest BCUT2D eigenvalue weighted by Crippen LogP contribution is 2.28. The summed E-state index contributed by atoms with van der Waals surface area (Å²) in [6.07, 6.45) is 1.39. The van der Waals surface area contributed by atoms with Gasteiger partial charge >= 0.3 is 5.97 Å². The Morgan fingerprint density at radius 3 is 2.77 bits per heavy atom. The van der Waals surface area contributed by atoms with Crippen molar-refractivity contribution in [3.05, 3.63) is 58.4 Å². The highest BCUT2D eigenvalue weighted by Gasteiger charge is 2.21. The Balaban J connectivity index is 1.67. The number of rotatable bonds is 11. The summed E-state index contributed by atoms with van der Waals surface area (Å²) in [5.74, 6) is 0.811. The number of carbonyl (C=O) groups is 2. The molecular weight excluding hydrogens is 486 g/mol. The van der Waals surface area contributed by atoms with Gasteiger partial charge in [0.05, 0.1) is 18.1 Å². The van der Waals surface area contributed by atoms with Crippen molar-refractivity contribution in [3.63, 3.8) is 0 Å². The molecule has 0 fully saturated rings. The second-order valence-corrected chi connectivity index (χ2v) is 9.63. The number of esters is 1. The maximum Gasteiger partial charge on any atom is 0.350 e. The van der Waals surface area contributed by atoms with Crippen LogP contribution in [0.15, 0.2) is 36.0 Å². The van der Waals surface area contributed by atoms with Crippen LogP contribution in [0.25, 0.3) is 0 Å². The third kappa shape index (κ3) is 6.49. The maximum atomic E-state index is 12.5. The largest absolute Gasteiger partial charge is 0.482 e. The lowest BCUT2D eigenvalue weighted by Crippen LogP contribution is -2.15. The Hall–Kier alpha value is -3.18. The number of thioether (sulfide) groups is 1. The van der Waals surface area contributed by atoms with Gasteiger partial charge in [-0.3, -0.25) is 9.36 Å². The summed E-state index contributed by atoms with van der Waals surface area (Å²) in [6, 6.07) is 5.93. The minimum absolute atomic E-state index is 0.0921. The molecule has 0 saturated carbocycles. The van der Waals surface area contributed by atoms with E-state index in [2.05, 4.69) is 27.1 Å². The summed E-state index contributed by atoms with van der Waals surface area (Å²) in [5, 5.41) is 12.3. The lowest BCUT2D eigenvalue weighted by atomic mass is 10.1. The van der Waals surface area contributed by atoms with Crippen LogP contribution in [0, 0.1) is 20.8 Å². The van der Waals surface area contributed by atoms with Gasteiger partial charge in [0.2, 0.25) is 5.91 Å². The molecule has 1 unspecified atom stereocenters. The third-order valence-corrected chi connectivity index (χ3v) is 7.14. The summed E-state index contributed by atoms with van der Waals surface area (Å²) < 4.78 is 13.1. The quantitative estimate of drug-likeness (QED) is 0.218. The van der Waals surface area contributed by atoms with Crippen molar-refractivity contribution < 1.29 is 19.1 Å². The first kappa shape index (κ1) is 26.4. The topological polar surface area (TPSA) is 108 Å². The number of aromatic nitrogens is 4. The molecule has 35 heavy (non-hydrogen) atoms. The number of allylic oxidation sites excluding steroid dienone is 1. The van der Waals surface area contributed by atoms with Crippen molar-refractivity contribution in [2.75, 3.05) is 17.7 Å². The van der Waals surface area contributed by atoms with Gasteiger partial charge in [0, 0.05) is 6.54 Å². The molecule has 9 nitrogen and oxygen atoms in total. The lowest BCUT2D eigenvalue weighted by molar-refractivity contribution is -0.113. The summed E-state index contributed by atoms with van der Waals surface area (Å²) in [7, 11) is 0. The fourth-order valence-electron chi connectivity index (χ4n) is 3.22. The highest BCUT2D eigenvalue weighted by atomic mass is 32.2. The van der Waals surface area contributed by atoms with Gasteiger partial charge in [-0.2, -0.15) is 0 Å². The molecule has 0 aliphatic heterocycles. The van der Waals surface area contributed by atoms with Crippen LogP contribution in [0.3, 0.4) is 0 Å². The number of hydrogen-bond donors (Lipinski definition) is 1. The van der Waals surface area contributed by atoms with Crippen molar-refractivity contribution in [3.8, 4) is 5.75 Å². The van der Waals surface area contributed by atoms with Gasteiger partial charge in [-0.25, -0.2) is 9.78 Å². The first-order valence-corrected chi connectivity index (χ1v) is 12.9. The van der Waals surface area contributed by atoms with E-state index in [1.54, 1.807) is 19.9 Å². The predicted molar refractivity (Wildman–Crippen MR) is 137 cm³/mol. The molecule has 3 rings (SSSR count). The van der Waals surface area contributed by atoms with E-state index in [1.165, 1.54) is 11.8 Å². The molecule has 1 atom stereocenters. The number of carbonyl (C=O) groups excluding carboxylic acids is 2. The first-order chi connectivity index (χ1) is 16.7. The summed E-state index contributed by atoms with van der Waals surface area (Å²) >= 11 is 2.34. The number of benzene rings is 1. The molecule has 1 N–H and O–H groups in total. The Kier molecular flexibility index (Phi) is 9.05. The van der Waals surface area contributed by atoms with Crippen molar-refractivity contribution in [1.82, 2.24) is 19.7 Å². The number of aryl methyl sites for hydroxylation is 2. The van der Waals surface area contributed by atoms with Crippen LogP contribution in [-0.2, 0) is 16.1 Å². The zero-order valence-corrected chi connectivity index (χ0v) is 22.1. The number of thiazole rings is 1. The molecule has 1 aromatic carbocycles. The van der Waals surface area contributed by atoms with Gasteiger partial charge in [-0.1, -0.05) is 41.3 Å². The van der Waals surface area contributed by atoms with E-state index in [4.69, 9.17) is 9.47 Å². The van der Waals surface area contributed by atoms with E-state index >= 15 is 0 Å². The van der Waals surface area contributed by atoms with E-state index in [0.29, 0.717) is 33.2 Å². The van der Waals surface area contributed by atoms with E-state index < -0.39 is 5.97 Å². The van der Waals surface area contributed by atoms with Gasteiger partial charge in [-0.15, -0.1) is 16.8 Å². The zero-order chi connectivity index (χ0) is 25.5. The van der Waals surface area contributed by atoms with Crippen molar-refractivity contribution in [2.24, 2.45) is 0 Å². The highest BCUT2D eigenvalue weighted by molar-refractivity contribution is 7.99. The predicted octanol–water partition coefficient (Wildman–Crippen LogP) is 4.89. The third-order valence-electron chi connectivity index (χ3n) is 5.12. The molecule has 2 aromatic heterocycles. The van der Waals surface area contributed by atoms with Crippen molar-refractivity contribution >= 4 is 40.1 Å².